The Bertz CT molecular complexity index is 497. The first-order valence-electron chi connectivity index (χ1n) is 5.28. The summed E-state index contributed by atoms with van der Waals surface area (Å²) in [6, 6.07) is 14.7. The van der Waals surface area contributed by atoms with Gasteiger partial charge in [-0.1, -0.05) is 41.9 Å². The van der Waals surface area contributed by atoms with E-state index in [1.165, 1.54) is 0 Å². The van der Waals surface area contributed by atoms with Crippen LogP contribution >= 0.6 is 11.6 Å². The Morgan fingerprint density at radius 2 is 1.76 bits per heavy atom. The average Bonchev–Trinajstić information content (AvgIpc) is 2.38. The summed E-state index contributed by atoms with van der Waals surface area (Å²) in [6.45, 7) is 0. The molecule has 0 aromatic heterocycles. The van der Waals surface area contributed by atoms with Crippen LogP contribution in [0.15, 0.2) is 48.5 Å². The van der Waals surface area contributed by atoms with Crippen LogP contribution in [0.5, 0.6) is 5.75 Å². The predicted molar refractivity (Wildman–Crippen MR) is 68.5 cm³/mol. The van der Waals surface area contributed by atoms with E-state index in [1.54, 1.807) is 25.3 Å². The standard InChI is InChI=1S/C14H13ClO2/c1-17-13-8-11(7-12(15)9-13)14(16)10-5-3-2-4-6-10/h2-9,14,16H,1H3. The minimum Gasteiger partial charge on any atom is -0.497 e. The maximum Gasteiger partial charge on any atom is 0.120 e. The quantitative estimate of drug-likeness (QED) is 0.902. The number of methoxy groups -OCH3 is 1. The minimum atomic E-state index is -0.691. The molecule has 0 spiro atoms. The fraction of sp³-hybridized carbons (Fsp3) is 0.143. The van der Waals surface area contributed by atoms with Crippen molar-refractivity contribution in [3.05, 3.63) is 64.7 Å². The van der Waals surface area contributed by atoms with E-state index in [0.717, 1.165) is 11.1 Å². The van der Waals surface area contributed by atoms with Gasteiger partial charge in [0.05, 0.1) is 7.11 Å². The molecule has 0 saturated heterocycles. The van der Waals surface area contributed by atoms with Crippen LogP contribution in [0.2, 0.25) is 5.02 Å². The largest absolute Gasteiger partial charge is 0.497 e. The molecule has 0 amide bonds. The third-order valence-electron chi connectivity index (χ3n) is 2.56. The molecule has 0 aliphatic rings. The van der Waals surface area contributed by atoms with Crippen LogP contribution in [0.3, 0.4) is 0 Å². The summed E-state index contributed by atoms with van der Waals surface area (Å²) in [5, 5.41) is 10.8. The van der Waals surface area contributed by atoms with Gasteiger partial charge in [0, 0.05) is 5.02 Å². The highest BCUT2D eigenvalue weighted by Crippen LogP contribution is 2.28. The molecule has 0 saturated carbocycles. The van der Waals surface area contributed by atoms with Gasteiger partial charge in [-0.25, -0.2) is 0 Å². The molecule has 1 atom stereocenters. The number of aliphatic hydroxyl groups excluding tert-OH is 1. The number of halogens is 1. The first kappa shape index (κ1) is 12.0. The van der Waals surface area contributed by atoms with Gasteiger partial charge in [0.1, 0.15) is 11.9 Å². The molecular weight excluding hydrogens is 236 g/mol. The van der Waals surface area contributed by atoms with Crippen molar-refractivity contribution in [3.63, 3.8) is 0 Å². The van der Waals surface area contributed by atoms with Gasteiger partial charge >= 0.3 is 0 Å². The van der Waals surface area contributed by atoms with Crippen molar-refractivity contribution in [2.75, 3.05) is 7.11 Å². The Balaban J connectivity index is 2.37. The van der Waals surface area contributed by atoms with Crippen molar-refractivity contribution < 1.29 is 9.84 Å². The fourth-order valence-corrected chi connectivity index (χ4v) is 1.92. The summed E-state index contributed by atoms with van der Waals surface area (Å²) in [5.41, 5.74) is 1.55. The van der Waals surface area contributed by atoms with Crippen molar-refractivity contribution in [1.29, 1.82) is 0 Å². The first-order valence-corrected chi connectivity index (χ1v) is 5.66. The summed E-state index contributed by atoms with van der Waals surface area (Å²) >= 11 is 5.97. The average molecular weight is 249 g/mol. The van der Waals surface area contributed by atoms with Crippen molar-refractivity contribution in [1.82, 2.24) is 0 Å². The number of aliphatic hydroxyl groups is 1. The Labute approximate surface area is 105 Å². The SMILES string of the molecule is COc1cc(Cl)cc(C(O)c2ccccc2)c1. The van der Waals surface area contributed by atoms with Crippen molar-refractivity contribution in [2.45, 2.75) is 6.10 Å². The zero-order valence-corrected chi connectivity index (χ0v) is 10.2. The van der Waals surface area contributed by atoms with Gasteiger partial charge < -0.3 is 9.84 Å². The second-order valence-corrected chi connectivity index (χ2v) is 4.17. The van der Waals surface area contributed by atoms with Crippen molar-refractivity contribution in [3.8, 4) is 5.75 Å². The Morgan fingerprint density at radius 1 is 1.06 bits per heavy atom. The van der Waals surface area contributed by atoms with E-state index in [4.69, 9.17) is 16.3 Å². The summed E-state index contributed by atoms with van der Waals surface area (Å²) in [4.78, 5) is 0. The number of ether oxygens (including phenoxy) is 1. The van der Waals surface area contributed by atoms with Crippen LogP contribution in [0.4, 0.5) is 0 Å². The highest BCUT2D eigenvalue weighted by molar-refractivity contribution is 6.30. The van der Waals surface area contributed by atoms with Crippen LogP contribution < -0.4 is 4.74 Å². The molecule has 2 aromatic rings. The van der Waals surface area contributed by atoms with E-state index in [-0.39, 0.29) is 0 Å². The van der Waals surface area contributed by atoms with Gasteiger partial charge in [-0.05, 0) is 29.3 Å². The number of hydrogen-bond acceptors (Lipinski definition) is 2. The molecule has 3 heteroatoms. The number of benzene rings is 2. The molecule has 2 nitrogen and oxygen atoms in total. The zero-order chi connectivity index (χ0) is 12.3. The smallest absolute Gasteiger partial charge is 0.120 e. The third kappa shape index (κ3) is 2.78. The Hall–Kier alpha value is -1.51. The Morgan fingerprint density at radius 3 is 2.41 bits per heavy atom. The lowest BCUT2D eigenvalue weighted by atomic mass is 10.0. The van der Waals surface area contributed by atoms with Crippen LogP contribution in [0.25, 0.3) is 0 Å². The molecular formula is C14H13ClO2. The summed E-state index contributed by atoms with van der Waals surface area (Å²) in [5.74, 6) is 0.641. The first-order chi connectivity index (χ1) is 8.20. The molecule has 0 heterocycles. The summed E-state index contributed by atoms with van der Waals surface area (Å²) in [6.07, 6.45) is -0.691. The van der Waals surface area contributed by atoms with Crippen LogP contribution in [0, 0.1) is 0 Å². The highest BCUT2D eigenvalue weighted by Gasteiger charge is 2.11. The van der Waals surface area contributed by atoms with Gasteiger partial charge in [-0.3, -0.25) is 0 Å². The molecule has 0 radical (unpaired) electrons. The monoisotopic (exact) mass is 248 g/mol. The third-order valence-corrected chi connectivity index (χ3v) is 2.78. The minimum absolute atomic E-state index is 0.550. The highest BCUT2D eigenvalue weighted by atomic mass is 35.5. The van der Waals surface area contributed by atoms with E-state index < -0.39 is 6.10 Å². The predicted octanol–water partition coefficient (Wildman–Crippen LogP) is 3.43. The van der Waals surface area contributed by atoms with E-state index in [2.05, 4.69) is 0 Å². The summed E-state index contributed by atoms with van der Waals surface area (Å²) < 4.78 is 5.13. The van der Waals surface area contributed by atoms with E-state index in [9.17, 15) is 5.11 Å². The number of hydrogen-bond donors (Lipinski definition) is 1. The van der Waals surface area contributed by atoms with Crippen LogP contribution in [-0.4, -0.2) is 12.2 Å². The van der Waals surface area contributed by atoms with Gasteiger partial charge in [-0.2, -0.15) is 0 Å². The topological polar surface area (TPSA) is 29.5 Å². The molecule has 88 valence electrons. The lowest BCUT2D eigenvalue weighted by Gasteiger charge is -2.13. The van der Waals surface area contributed by atoms with Gasteiger partial charge in [-0.15, -0.1) is 0 Å². The lowest BCUT2D eigenvalue weighted by Crippen LogP contribution is -1.99. The molecule has 0 aliphatic carbocycles. The summed E-state index contributed by atoms with van der Waals surface area (Å²) in [7, 11) is 1.57. The van der Waals surface area contributed by atoms with E-state index in [1.807, 2.05) is 30.3 Å². The fourth-order valence-electron chi connectivity index (χ4n) is 1.69. The van der Waals surface area contributed by atoms with E-state index >= 15 is 0 Å². The van der Waals surface area contributed by atoms with E-state index in [0.29, 0.717) is 10.8 Å². The van der Waals surface area contributed by atoms with Gasteiger partial charge in [0.15, 0.2) is 0 Å². The molecule has 2 aromatic carbocycles. The Kier molecular flexibility index (Phi) is 3.67. The van der Waals surface area contributed by atoms with Crippen LogP contribution in [0.1, 0.15) is 17.2 Å². The van der Waals surface area contributed by atoms with Crippen molar-refractivity contribution >= 4 is 11.6 Å². The van der Waals surface area contributed by atoms with Gasteiger partial charge in [0.2, 0.25) is 0 Å². The molecule has 17 heavy (non-hydrogen) atoms. The molecule has 0 fully saturated rings. The van der Waals surface area contributed by atoms with Crippen molar-refractivity contribution in [2.24, 2.45) is 0 Å². The molecule has 1 unspecified atom stereocenters. The molecule has 1 N–H and O–H groups in total. The molecule has 0 bridgehead atoms. The zero-order valence-electron chi connectivity index (χ0n) is 9.43. The number of rotatable bonds is 3. The molecule has 0 aliphatic heterocycles. The normalized spacial score (nSPS) is 12.2. The second-order valence-electron chi connectivity index (χ2n) is 3.74. The van der Waals surface area contributed by atoms with Gasteiger partial charge in [0.25, 0.3) is 0 Å². The molecule has 2 rings (SSSR count). The maximum atomic E-state index is 10.2. The lowest BCUT2D eigenvalue weighted by molar-refractivity contribution is 0.220. The second kappa shape index (κ2) is 5.21. The maximum absolute atomic E-state index is 10.2. The van der Waals surface area contributed by atoms with Crippen LogP contribution in [-0.2, 0) is 0 Å².